The van der Waals surface area contributed by atoms with Gasteiger partial charge in [0.2, 0.25) is 15.9 Å². The highest BCUT2D eigenvalue weighted by Crippen LogP contribution is 2.31. The fraction of sp³-hybridized carbons (Fsp3) is 0.300. The Labute approximate surface area is 116 Å². The second-order valence-electron chi connectivity index (χ2n) is 3.73. The molecule has 2 N–H and O–H groups in total. The smallest absolute Gasteiger partial charge is 0.241 e. The number of hydrogen-bond acceptors (Lipinski definition) is 3. The Bertz CT molecular complexity index is 574. The molecule has 8 heteroatoms. The van der Waals surface area contributed by atoms with Crippen molar-refractivity contribution in [2.75, 3.05) is 10.6 Å². The van der Waals surface area contributed by atoms with Gasteiger partial charge in [-0.25, -0.2) is 8.42 Å². The lowest BCUT2D eigenvalue weighted by Crippen LogP contribution is -2.46. The minimum atomic E-state index is -3.71. The number of carbonyl (C=O) groups excluding carboxylic acids is 1. The van der Waals surface area contributed by atoms with E-state index in [9.17, 15) is 13.2 Å². The van der Waals surface area contributed by atoms with Crippen molar-refractivity contribution in [3.05, 3.63) is 28.2 Å². The van der Waals surface area contributed by atoms with E-state index in [0.29, 0.717) is 5.02 Å². The second-order valence-corrected chi connectivity index (χ2v) is 6.44. The molecule has 1 amide bonds. The van der Waals surface area contributed by atoms with Gasteiger partial charge in [0.15, 0.2) is 0 Å². The van der Waals surface area contributed by atoms with Gasteiger partial charge >= 0.3 is 0 Å². The van der Waals surface area contributed by atoms with E-state index in [1.165, 1.54) is 25.1 Å². The van der Waals surface area contributed by atoms with Crippen molar-refractivity contribution in [2.45, 2.75) is 13.0 Å². The molecule has 0 bridgehead atoms. The standard InChI is InChI=1S/C10H12Cl2N2O3S/c1-6(10(13)15)14(18(2,16)17)9-5-7(11)3-4-8(9)12/h3-6H,1-2H3,(H2,13,15)/t6-/m0/s1. The summed E-state index contributed by atoms with van der Waals surface area (Å²) in [5.41, 5.74) is 5.26. The number of rotatable bonds is 4. The molecule has 0 aliphatic rings. The van der Waals surface area contributed by atoms with E-state index in [1.54, 1.807) is 0 Å². The third-order valence-electron chi connectivity index (χ3n) is 2.27. The monoisotopic (exact) mass is 310 g/mol. The number of hydrogen-bond donors (Lipinski definition) is 1. The van der Waals surface area contributed by atoms with E-state index in [-0.39, 0.29) is 10.7 Å². The maximum absolute atomic E-state index is 11.8. The van der Waals surface area contributed by atoms with Crippen LogP contribution < -0.4 is 10.0 Å². The van der Waals surface area contributed by atoms with Crippen molar-refractivity contribution in [2.24, 2.45) is 5.73 Å². The second kappa shape index (κ2) is 5.34. The quantitative estimate of drug-likeness (QED) is 0.917. The van der Waals surface area contributed by atoms with Crippen LogP contribution in [0.1, 0.15) is 6.92 Å². The van der Waals surface area contributed by atoms with Gasteiger partial charge in [-0.2, -0.15) is 0 Å². The number of primary amides is 1. The molecule has 5 nitrogen and oxygen atoms in total. The molecule has 0 aliphatic carbocycles. The zero-order valence-electron chi connectivity index (χ0n) is 9.72. The SMILES string of the molecule is C[C@@H](C(N)=O)N(c1cc(Cl)ccc1Cl)S(C)(=O)=O. The summed E-state index contributed by atoms with van der Waals surface area (Å²) in [6, 6.07) is 3.27. The minimum Gasteiger partial charge on any atom is -0.368 e. The molecule has 0 saturated carbocycles. The van der Waals surface area contributed by atoms with Gasteiger partial charge in [-0.1, -0.05) is 23.2 Å². The third-order valence-corrected chi connectivity index (χ3v) is 4.05. The Morgan fingerprint density at radius 1 is 1.39 bits per heavy atom. The molecular weight excluding hydrogens is 299 g/mol. The Balaban J connectivity index is 3.45. The summed E-state index contributed by atoms with van der Waals surface area (Å²) in [5.74, 6) is -0.781. The predicted molar refractivity (Wildman–Crippen MR) is 72.4 cm³/mol. The molecule has 0 saturated heterocycles. The Morgan fingerprint density at radius 2 is 1.94 bits per heavy atom. The van der Waals surface area contributed by atoms with Gasteiger partial charge in [0, 0.05) is 5.02 Å². The summed E-state index contributed by atoms with van der Waals surface area (Å²) in [6.45, 7) is 1.38. The zero-order valence-corrected chi connectivity index (χ0v) is 12.1. The predicted octanol–water partition coefficient (Wildman–Crippen LogP) is 1.63. The van der Waals surface area contributed by atoms with Gasteiger partial charge in [-0.15, -0.1) is 0 Å². The lowest BCUT2D eigenvalue weighted by Gasteiger charge is -2.27. The fourth-order valence-corrected chi connectivity index (χ4v) is 3.06. The molecule has 18 heavy (non-hydrogen) atoms. The summed E-state index contributed by atoms with van der Waals surface area (Å²) < 4.78 is 24.4. The number of amides is 1. The summed E-state index contributed by atoms with van der Waals surface area (Å²) in [6.07, 6.45) is 0.962. The van der Waals surface area contributed by atoms with Crippen LogP contribution >= 0.6 is 23.2 Å². The van der Waals surface area contributed by atoms with Gasteiger partial charge in [-0.05, 0) is 25.1 Å². The topological polar surface area (TPSA) is 80.5 Å². The Kier molecular flexibility index (Phi) is 4.47. The first-order chi connectivity index (χ1) is 8.14. The normalized spacial score (nSPS) is 13.1. The van der Waals surface area contributed by atoms with Crippen molar-refractivity contribution in [3.63, 3.8) is 0 Å². The molecule has 1 atom stereocenters. The van der Waals surface area contributed by atoms with E-state index in [2.05, 4.69) is 0 Å². The van der Waals surface area contributed by atoms with Crippen LogP contribution in [0.5, 0.6) is 0 Å². The maximum Gasteiger partial charge on any atom is 0.241 e. The number of halogens is 2. The van der Waals surface area contributed by atoms with E-state index < -0.39 is 22.0 Å². The van der Waals surface area contributed by atoms with Gasteiger partial charge in [0.25, 0.3) is 0 Å². The first kappa shape index (κ1) is 15.1. The van der Waals surface area contributed by atoms with Crippen LogP contribution in [0.15, 0.2) is 18.2 Å². The summed E-state index contributed by atoms with van der Waals surface area (Å²) in [7, 11) is -3.71. The van der Waals surface area contributed by atoms with Crippen LogP contribution in [0, 0.1) is 0 Å². The maximum atomic E-state index is 11.8. The zero-order chi connectivity index (χ0) is 14.1. The van der Waals surface area contributed by atoms with E-state index in [1.807, 2.05) is 0 Å². The number of nitrogens with two attached hydrogens (primary N) is 1. The molecule has 0 heterocycles. The van der Waals surface area contributed by atoms with Gasteiger partial charge < -0.3 is 5.73 Å². The van der Waals surface area contributed by atoms with E-state index >= 15 is 0 Å². The lowest BCUT2D eigenvalue weighted by molar-refractivity contribution is -0.118. The molecule has 1 aromatic rings. The first-order valence-corrected chi connectivity index (χ1v) is 7.49. The lowest BCUT2D eigenvalue weighted by atomic mass is 10.2. The highest BCUT2D eigenvalue weighted by Gasteiger charge is 2.29. The molecule has 0 radical (unpaired) electrons. The largest absolute Gasteiger partial charge is 0.368 e. The minimum absolute atomic E-state index is 0.123. The number of sulfonamides is 1. The molecule has 0 aromatic heterocycles. The van der Waals surface area contributed by atoms with Crippen molar-refractivity contribution in [1.29, 1.82) is 0 Å². The van der Waals surface area contributed by atoms with E-state index in [4.69, 9.17) is 28.9 Å². The third kappa shape index (κ3) is 3.28. The Hall–Kier alpha value is -0.980. The average molecular weight is 311 g/mol. The van der Waals surface area contributed by atoms with Crippen molar-refractivity contribution >= 4 is 44.8 Å². The number of benzene rings is 1. The molecular formula is C10H12Cl2N2O3S. The van der Waals surface area contributed by atoms with Gasteiger partial charge in [-0.3, -0.25) is 9.10 Å². The molecule has 0 unspecified atom stereocenters. The average Bonchev–Trinajstić information content (AvgIpc) is 2.21. The van der Waals surface area contributed by atoms with Crippen LogP contribution in [-0.4, -0.2) is 26.6 Å². The molecule has 100 valence electrons. The highest BCUT2D eigenvalue weighted by molar-refractivity contribution is 7.92. The van der Waals surface area contributed by atoms with Crippen molar-refractivity contribution < 1.29 is 13.2 Å². The fourth-order valence-electron chi connectivity index (χ4n) is 1.44. The van der Waals surface area contributed by atoms with Crippen LogP contribution in [0.4, 0.5) is 5.69 Å². The molecule has 1 rings (SSSR count). The summed E-state index contributed by atoms with van der Waals surface area (Å²) in [5, 5.41) is 0.470. The van der Waals surface area contributed by atoms with Crippen LogP contribution in [0.2, 0.25) is 10.0 Å². The van der Waals surface area contributed by atoms with Gasteiger partial charge in [0.1, 0.15) is 6.04 Å². The number of carbonyl (C=O) groups is 1. The molecule has 0 spiro atoms. The van der Waals surface area contributed by atoms with Crippen molar-refractivity contribution in [3.8, 4) is 0 Å². The van der Waals surface area contributed by atoms with Crippen molar-refractivity contribution in [1.82, 2.24) is 0 Å². The van der Waals surface area contributed by atoms with Crippen LogP contribution in [0.25, 0.3) is 0 Å². The molecule has 1 aromatic carbocycles. The summed E-state index contributed by atoms with van der Waals surface area (Å²) >= 11 is 11.7. The van der Waals surface area contributed by atoms with Gasteiger partial charge in [0.05, 0.1) is 17.0 Å². The number of anilines is 1. The van der Waals surface area contributed by atoms with Crippen LogP contribution in [-0.2, 0) is 14.8 Å². The number of nitrogens with zero attached hydrogens (tertiary/aromatic N) is 1. The Morgan fingerprint density at radius 3 is 2.39 bits per heavy atom. The van der Waals surface area contributed by atoms with Crippen LogP contribution in [0.3, 0.4) is 0 Å². The first-order valence-electron chi connectivity index (χ1n) is 4.88. The summed E-state index contributed by atoms with van der Waals surface area (Å²) in [4.78, 5) is 11.2. The molecule has 0 fully saturated rings. The molecule has 0 aliphatic heterocycles. The highest BCUT2D eigenvalue weighted by atomic mass is 35.5. The van der Waals surface area contributed by atoms with E-state index in [0.717, 1.165) is 10.6 Å².